The maximum Gasteiger partial charge on any atom is 0.360 e. The summed E-state index contributed by atoms with van der Waals surface area (Å²) < 4.78 is 15.2. The van der Waals surface area contributed by atoms with Crippen LogP contribution < -0.4 is 10.0 Å². The summed E-state index contributed by atoms with van der Waals surface area (Å²) in [7, 11) is 0. The van der Waals surface area contributed by atoms with E-state index in [1.54, 1.807) is 0 Å². The maximum absolute atomic E-state index is 12.5. The Labute approximate surface area is 154 Å². The van der Waals surface area contributed by atoms with E-state index in [-0.39, 0.29) is 11.3 Å². The van der Waals surface area contributed by atoms with Crippen molar-refractivity contribution in [3.05, 3.63) is 28.3 Å². The van der Waals surface area contributed by atoms with Gasteiger partial charge in [-0.25, -0.2) is 4.79 Å². The summed E-state index contributed by atoms with van der Waals surface area (Å²) in [4.78, 5) is 12.5. The molecule has 1 atom stereocenters. The van der Waals surface area contributed by atoms with Crippen LogP contribution >= 0.6 is 0 Å². The molecule has 1 aromatic rings. The maximum atomic E-state index is 12.5. The van der Waals surface area contributed by atoms with Crippen molar-refractivity contribution in [1.29, 1.82) is 0 Å². The molecule has 5 heteroatoms. The lowest BCUT2D eigenvalue weighted by atomic mass is 9.99. The zero-order valence-electron chi connectivity index (χ0n) is 15.5. The number of nitrogens with one attached hydrogen (secondary N) is 2. The quantitative estimate of drug-likeness (QED) is 0.705. The highest BCUT2D eigenvalue weighted by Crippen LogP contribution is 2.38. The van der Waals surface area contributed by atoms with Crippen LogP contribution in [0.1, 0.15) is 74.6 Å². The van der Waals surface area contributed by atoms with Gasteiger partial charge in [-0.2, -0.15) is 4.72 Å². The molecule has 138 valence electrons. The molecule has 0 bridgehead atoms. The van der Waals surface area contributed by atoms with E-state index in [0.717, 1.165) is 69.9 Å². The lowest BCUT2D eigenvalue weighted by Crippen LogP contribution is -2.41. The number of aryl methyl sites for hydroxylation is 2. The van der Waals surface area contributed by atoms with Crippen LogP contribution in [-0.2, 0) is 37.0 Å². The van der Waals surface area contributed by atoms with Crippen molar-refractivity contribution in [1.82, 2.24) is 4.72 Å². The third-order valence-corrected chi connectivity index (χ3v) is 6.89. The predicted octanol–water partition coefficient (Wildman–Crippen LogP) is 4.42. The molecule has 0 fully saturated rings. The molecule has 2 amide bonds. The molecular weight excluding hydrogens is 332 g/mol. The van der Waals surface area contributed by atoms with E-state index in [2.05, 4.69) is 30.0 Å². The summed E-state index contributed by atoms with van der Waals surface area (Å²) in [6, 6.07) is 2.04. The van der Waals surface area contributed by atoms with Gasteiger partial charge in [0.05, 0.1) is 11.4 Å². The molecule has 0 heterocycles. The number of carbonyl (C=O) groups is 1. The Bertz CT molecular complexity index is 594. The molecule has 0 radical (unpaired) electrons. The molecular formula is C20H30N2O2S. The summed E-state index contributed by atoms with van der Waals surface area (Å²) in [6.45, 7) is 4.19. The Morgan fingerprint density at radius 3 is 2.16 bits per heavy atom. The van der Waals surface area contributed by atoms with E-state index in [0.29, 0.717) is 0 Å². The smallest absolute Gasteiger partial charge is 0.360 e. The fourth-order valence-corrected chi connectivity index (χ4v) is 5.58. The van der Waals surface area contributed by atoms with Crippen LogP contribution in [0.4, 0.5) is 10.5 Å². The van der Waals surface area contributed by atoms with Crippen LogP contribution in [-0.4, -0.2) is 15.8 Å². The van der Waals surface area contributed by atoms with Crippen LogP contribution in [0.2, 0.25) is 0 Å². The standard InChI is InChI=1S/C20H30N2O2S/c1-3-7-16(8-4-2)25(24)22-20(23)21-19-17-11-5-9-14(17)13-15-10-6-12-18(15)19/h13,16H,3-12H2,1-2H3,(H2,21,22,23). The van der Waals surface area contributed by atoms with Gasteiger partial charge < -0.3 is 9.87 Å². The van der Waals surface area contributed by atoms with Crippen molar-refractivity contribution in [2.45, 2.75) is 83.3 Å². The van der Waals surface area contributed by atoms with Crippen molar-refractivity contribution in [3.8, 4) is 0 Å². The summed E-state index contributed by atoms with van der Waals surface area (Å²) in [6.07, 6.45) is 10.4. The zero-order valence-corrected chi connectivity index (χ0v) is 16.3. The SMILES string of the molecule is CCCC(CCC)[S+]([O-])NC(=O)Nc1c2c(cc3c1CCC3)CCC2. The molecule has 0 saturated carbocycles. The van der Waals surface area contributed by atoms with Gasteiger partial charge in [0.2, 0.25) is 0 Å². The van der Waals surface area contributed by atoms with Gasteiger partial charge in [0.1, 0.15) is 5.25 Å². The van der Waals surface area contributed by atoms with Gasteiger partial charge in [-0.3, -0.25) is 0 Å². The van der Waals surface area contributed by atoms with Crippen LogP contribution in [0.3, 0.4) is 0 Å². The molecule has 4 nitrogen and oxygen atoms in total. The average molecular weight is 363 g/mol. The van der Waals surface area contributed by atoms with Crippen molar-refractivity contribution in [2.24, 2.45) is 0 Å². The van der Waals surface area contributed by atoms with Crippen molar-refractivity contribution < 1.29 is 9.35 Å². The second kappa shape index (κ2) is 8.45. The monoisotopic (exact) mass is 362 g/mol. The Balaban J connectivity index is 1.71. The molecule has 3 rings (SSSR count). The molecule has 2 N–H and O–H groups in total. The minimum atomic E-state index is -1.32. The third kappa shape index (κ3) is 4.14. The largest absolute Gasteiger partial charge is 0.593 e. The van der Waals surface area contributed by atoms with Gasteiger partial charge in [-0.15, -0.1) is 0 Å². The summed E-state index contributed by atoms with van der Waals surface area (Å²) in [5, 5.41) is 3.12. The first-order valence-electron chi connectivity index (χ1n) is 9.78. The topological polar surface area (TPSA) is 64.2 Å². The molecule has 25 heavy (non-hydrogen) atoms. The van der Waals surface area contributed by atoms with Crippen molar-refractivity contribution in [2.75, 3.05) is 5.32 Å². The second-order valence-corrected chi connectivity index (χ2v) is 8.75. The van der Waals surface area contributed by atoms with Gasteiger partial charge in [-0.1, -0.05) is 32.8 Å². The number of rotatable bonds is 7. The number of hydrogen-bond acceptors (Lipinski definition) is 2. The lowest BCUT2D eigenvalue weighted by molar-refractivity contribution is 0.256. The van der Waals surface area contributed by atoms with Gasteiger partial charge >= 0.3 is 6.03 Å². The molecule has 0 spiro atoms. The van der Waals surface area contributed by atoms with Crippen LogP contribution in [0.5, 0.6) is 0 Å². The Hall–Kier alpha value is -1.20. The van der Waals surface area contributed by atoms with E-state index in [1.165, 1.54) is 22.3 Å². The van der Waals surface area contributed by atoms with Crippen LogP contribution in [0.25, 0.3) is 0 Å². The van der Waals surface area contributed by atoms with E-state index < -0.39 is 11.4 Å². The normalized spacial score (nSPS) is 16.6. The van der Waals surface area contributed by atoms with E-state index in [1.807, 2.05) is 0 Å². The van der Waals surface area contributed by atoms with Gasteiger partial charge in [0.15, 0.2) is 0 Å². The number of fused-ring (bicyclic) bond motifs is 2. The molecule has 0 saturated heterocycles. The van der Waals surface area contributed by atoms with Crippen LogP contribution in [0, 0.1) is 0 Å². The highest BCUT2D eigenvalue weighted by atomic mass is 32.2. The first-order valence-corrected chi connectivity index (χ1v) is 11.0. The number of amides is 2. The molecule has 0 aromatic heterocycles. The summed E-state index contributed by atoms with van der Waals surface area (Å²) in [5.41, 5.74) is 6.42. The summed E-state index contributed by atoms with van der Waals surface area (Å²) in [5.74, 6) is 0. The fourth-order valence-electron chi connectivity index (χ4n) is 4.28. The lowest BCUT2D eigenvalue weighted by Gasteiger charge is -2.21. The number of hydrogen-bond donors (Lipinski definition) is 2. The first kappa shape index (κ1) is 18.6. The number of benzene rings is 1. The highest BCUT2D eigenvalue weighted by Gasteiger charge is 2.27. The minimum absolute atomic E-state index is 0.0490. The minimum Gasteiger partial charge on any atom is -0.593 e. The average Bonchev–Trinajstić information content (AvgIpc) is 3.23. The van der Waals surface area contributed by atoms with Crippen molar-refractivity contribution in [3.63, 3.8) is 0 Å². The predicted molar refractivity (Wildman–Crippen MR) is 104 cm³/mol. The first-order chi connectivity index (χ1) is 12.1. The molecule has 2 aliphatic rings. The fraction of sp³-hybridized carbons (Fsp3) is 0.650. The van der Waals surface area contributed by atoms with Crippen LogP contribution in [0.15, 0.2) is 6.07 Å². The summed E-state index contributed by atoms with van der Waals surface area (Å²) >= 11 is -1.32. The number of urea groups is 1. The van der Waals surface area contributed by atoms with Gasteiger partial charge in [0.25, 0.3) is 0 Å². The van der Waals surface area contributed by atoms with Gasteiger partial charge in [-0.05, 0) is 73.6 Å². The third-order valence-electron chi connectivity index (χ3n) is 5.43. The molecule has 1 unspecified atom stereocenters. The molecule has 0 aliphatic heterocycles. The number of anilines is 1. The Morgan fingerprint density at radius 1 is 1.08 bits per heavy atom. The molecule has 2 aliphatic carbocycles. The van der Waals surface area contributed by atoms with Gasteiger partial charge in [0, 0.05) is 5.69 Å². The van der Waals surface area contributed by atoms with Crippen molar-refractivity contribution >= 4 is 23.1 Å². The number of carbonyl (C=O) groups excluding carboxylic acids is 1. The van der Waals surface area contributed by atoms with E-state index >= 15 is 0 Å². The molecule has 1 aromatic carbocycles. The van der Waals surface area contributed by atoms with E-state index in [9.17, 15) is 9.35 Å². The second-order valence-electron chi connectivity index (χ2n) is 7.29. The highest BCUT2D eigenvalue weighted by molar-refractivity contribution is 7.90. The zero-order chi connectivity index (χ0) is 17.8. The van der Waals surface area contributed by atoms with E-state index in [4.69, 9.17) is 0 Å². The Kier molecular flexibility index (Phi) is 6.29. The Morgan fingerprint density at radius 2 is 1.64 bits per heavy atom.